The summed E-state index contributed by atoms with van der Waals surface area (Å²) in [4.78, 5) is 8.22. The van der Waals surface area contributed by atoms with Crippen molar-refractivity contribution in [3.63, 3.8) is 0 Å². The van der Waals surface area contributed by atoms with E-state index in [-0.39, 0.29) is 0 Å². The highest BCUT2D eigenvalue weighted by Crippen LogP contribution is 2.68. The topological polar surface area (TPSA) is 37.8 Å². The fourth-order valence-corrected chi connectivity index (χ4v) is 2.90. The summed E-state index contributed by atoms with van der Waals surface area (Å²) in [6.45, 7) is 12.1. The van der Waals surface area contributed by atoms with E-state index in [4.69, 9.17) is 11.6 Å². The maximum Gasteiger partial charge on any atom is 0.224 e. The number of rotatable bonds is 3. The van der Waals surface area contributed by atoms with E-state index in [0.717, 1.165) is 18.1 Å². The molecule has 1 aromatic heterocycles. The van der Waals surface area contributed by atoms with Crippen molar-refractivity contribution in [1.82, 2.24) is 9.97 Å². The van der Waals surface area contributed by atoms with E-state index in [1.165, 1.54) is 0 Å². The lowest BCUT2D eigenvalue weighted by molar-refractivity contribution is 0.457. The van der Waals surface area contributed by atoms with Gasteiger partial charge in [0.1, 0.15) is 5.82 Å². The second-order valence-electron chi connectivity index (χ2n) is 6.04. The molecule has 0 amide bonds. The van der Waals surface area contributed by atoms with Gasteiger partial charge in [-0.05, 0) is 35.3 Å². The molecular weight excluding hydrogens is 234 g/mol. The lowest BCUT2D eigenvalue weighted by Gasteiger charge is -2.07. The first-order chi connectivity index (χ1) is 7.75. The van der Waals surface area contributed by atoms with Crippen molar-refractivity contribution in [3.05, 3.63) is 17.0 Å². The van der Waals surface area contributed by atoms with E-state index in [0.29, 0.717) is 22.0 Å². The maximum atomic E-state index is 5.83. The summed E-state index contributed by atoms with van der Waals surface area (Å²) in [7, 11) is 0. The van der Waals surface area contributed by atoms with E-state index in [1.807, 2.05) is 13.0 Å². The predicted octanol–water partition coefficient (Wildman–Crippen LogP) is 3.53. The van der Waals surface area contributed by atoms with E-state index in [9.17, 15) is 0 Å². The lowest BCUT2D eigenvalue weighted by Crippen LogP contribution is -2.09. The van der Waals surface area contributed by atoms with Gasteiger partial charge in [-0.2, -0.15) is 0 Å². The van der Waals surface area contributed by atoms with Crippen LogP contribution in [0.15, 0.2) is 6.07 Å². The average molecular weight is 254 g/mol. The zero-order valence-electron chi connectivity index (χ0n) is 11.1. The molecule has 4 heteroatoms. The minimum Gasteiger partial charge on any atom is -0.370 e. The van der Waals surface area contributed by atoms with E-state index >= 15 is 0 Å². The van der Waals surface area contributed by atoms with Gasteiger partial charge in [0, 0.05) is 18.3 Å². The summed E-state index contributed by atoms with van der Waals surface area (Å²) in [5.74, 6) is 1.49. The highest BCUT2D eigenvalue weighted by Gasteiger charge is 2.64. The number of halogens is 1. The minimum atomic E-state index is 0.307. The van der Waals surface area contributed by atoms with Crippen LogP contribution in [0.4, 0.5) is 5.82 Å². The Balaban J connectivity index is 2.00. The van der Waals surface area contributed by atoms with Crippen LogP contribution in [-0.4, -0.2) is 16.5 Å². The third-order valence-electron chi connectivity index (χ3n) is 4.63. The van der Waals surface area contributed by atoms with Crippen LogP contribution in [0.3, 0.4) is 0 Å². The number of anilines is 1. The van der Waals surface area contributed by atoms with Crippen molar-refractivity contribution in [3.8, 4) is 0 Å². The van der Waals surface area contributed by atoms with Gasteiger partial charge in [0.2, 0.25) is 5.28 Å². The first-order valence-electron chi connectivity index (χ1n) is 6.00. The van der Waals surface area contributed by atoms with E-state index < -0.39 is 0 Å². The van der Waals surface area contributed by atoms with Crippen LogP contribution in [0.2, 0.25) is 5.28 Å². The third kappa shape index (κ3) is 2.13. The summed E-state index contributed by atoms with van der Waals surface area (Å²) >= 11 is 5.83. The van der Waals surface area contributed by atoms with Crippen LogP contribution in [0, 0.1) is 23.7 Å². The molecule has 1 saturated carbocycles. The standard InChI is InChI=1S/C13H20ClN3/c1-8-6-10(17-11(14)16-8)15-7-9-12(2,3)13(9,4)5/h6,9H,7H2,1-5H3,(H,15,16,17). The molecule has 0 saturated heterocycles. The van der Waals surface area contributed by atoms with Crippen LogP contribution in [0.5, 0.6) is 0 Å². The van der Waals surface area contributed by atoms with Gasteiger partial charge in [0.25, 0.3) is 0 Å². The molecule has 0 unspecified atom stereocenters. The summed E-state index contributed by atoms with van der Waals surface area (Å²) in [6, 6.07) is 1.92. The molecule has 3 nitrogen and oxygen atoms in total. The van der Waals surface area contributed by atoms with Crippen LogP contribution in [0.25, 0.3) is 0 Å². The SMILES string of the molecule is Cc1cc(NCC2C(C)(C)C2(C)C)nc(Cl)n1. The number of aryl methyl sites for hydroxylation is 1. The Morgan fingerprint density at radius 2 is 1.82 bits per heavy atom. The van der Waals surface area contributed by atoms with Crippen molar-refractivity contribution in [2.75, 3.05) is 11.9 Å². The molecular formula is C13H20ClN3. The summed E-state index contributed by atoms with van der Waals surface area (Å²) in [5.41, 5.74) is 1.68. The quantitative estimate of drug-likeness (QED) is 0.838. The molecule has 1 fully saturated rings. The summed E-state index contributed by atoms with van der Waals surface area (Å²) in [6.07, 6.45) is 0. The summed E-state index contributed by atoms with van der Waals surface area (Å²) in [5, 5.41) is 3.67. The van der Waals surface area contributed by atoms with Crippen molar-refractivity contribution < 1.29 is 0 Å². The number of aromatic nitrogens is 2. The average Bonchev–Trinajstić information content (AvgIpc) is 2.53. The van der Waals surface area contributed by atoms with Gasteiger partial charge in [-0.1, -0.05) is 27.7 Å². The largest absolute Gasteiger partial charge is 0.370 e. The second kappa shape index (κ2) is 3.84. The Morgan fingerprint density at radius 1 is 1.24 bits per heavy atom. The van der Waals surface area contributed by atoms with Gasteiger partial charge in [0.05, 0.1) is 0 Å². The molecule has 1 aromatic rings. The Kier molecular flexibility index (Phi) is 2.85. The zero-order valence-corrected chi connectivity index (χ0v) is 11.9. The first kappa shape index (κ1) is 12.6. The van der Waals surface area contributed by atoms with Crippen molar-refractivity contribution >= 4 is 17.4 Å². The van der Waals surface area contributed by atoms with Gasteiger partial charge in [-0.3, -0.25) is 0 Å². The molecule has 0 atom stereocenters. The van der Waals surface area contributed by atoms with Crippen LogP contribution < -0.4 is 5.32 Å². The molecule has 2 rings (SSSR count). The first-order valence-corrected chi connectivity index (χ1v) is 6.38. The van der Waals surface area contributed by atoms with Crippen LogP contribution in [-0.2, 0) is 0 Å². The molecule has 17 heavy (non-hydrogen) atoms. The highest BCUT2D eigenvalue weighted by atomic mass is 35.5. The van der Waals surface area contributed by atoms with Crippen LogP contribution in [0.1, 0.15) is 33.4 Å². The second-order valence-corrected chi connectivity index (χ2v) is 6.38. The van der Waals surface area contributed by atoms with Gasteiger partial charge < -0.3 is 5.32 Å². The van der Waals surface area contributed by atoms with Gasteiger partial charge in [0.15, 0.2) is 0 Å². The third-order valence-corrected chi connectivity index (χ3v) is 4.80. The summed E-state index contributed by atoms with van der Waals surface area (Å²) < 4.78 is 0. The molecule has 1 aliphatic rings. The van der Waals surface area contributed by atoms with Crippen molar-refractivity contribution in [2.24, 2.45) is 16.7 Å². The zero-order chi connectivity index (χ0) is 12.8. The number of hydrogen-bond donors (Lipinski definition) is 1. The van der Waals surface area contributed by atoms with Crippen molar-refractivity contribution in [1.29, 1.82) is 0 Å². The molecule has 1 aliphatic carbocycles. The van der Waals surface area contributed by atoms with Gasteiger partial charge in [-0.15, -0.1) is 0 Å². The Labute approximate surface area is 108 Å². The fourth-order valence-electron chi connectivity index (χ4n) is 2.67. The van der Waals surface area contributed by atoms with Gasteiger partial charge >= 0.3 is 0 Å². The Morgan fingerprint density at radius 3 is 2.29 bits per heavy atom. The molecule has 0 bridgehead atoms. The minimum absolute atomic E-state index is 0.307. The molecule has 1 heterocycles. The fraction of sp³-hybridized carbons (Fsp3) is 0.692. The lowest BCUT2D eigenvalue weighted by atomic mass is 10.0. The maximum absolute atomic E-state index is 5.83. The number of hydrogen-bond acceptors (Lipinski definition) is 3. The Bertz CT molecular complexity index is 406. The molecule has 1 N–H and O–H groups in total. The Hall–Kier alpha value is -0.830. The molecule has 0 radical (unpaired) electrons. The monoisotopic (exact) mass is 253 g/mol. The van der Waals surface area contributed by atoms with Gasteiger partial charge in [-0.25, -0.2) is 9.97 Å². The number of nitrogens with one attached hydrogen (secondary N) is 1. The molecule has 0 aliphatic heterocycles. The highest BCUT2D eigenvalue weighted by molar-refractivity contribution is 6.28. The van der Waals surface area contributed by atoms with Crippen molar-refractivity contribution in [2.45, 2.75) is 34.6 Å². The molecule has 0 aromatic carbocycles. The van der Waals surface area contributed by atoms with E-state index in [2.05, 4.69) is 43.0 Å². The number of nitrogens with zero attached hydrogens (tertiary/aromatic N) is 2. The predicted molar refractivity (Wildman–Crippen MR) is 71.3 cm³/mol. The van der Waals surface area contributed by atoms with E-state index in [1.54, 1.807) is 0 Å². The molecule has 94 valence electrons. The normalized spacial score (nSPS) is 21.3. The van der Waals surface area contributed by atoms with Crippen LogP contribution >= 0.6 is 11.6 Å². The smallest absolute Gasteiger partial charge is 0.224 e. The molecule has 0 spiro atoms.